The fraction of sp³-hybridized carbons (Fsp3) is 0.278. The summed E-state index contributed by atoms with van der Waals surface area (Å²) in [6, 6.07) is 32.1. The Hall–Kier alpha value is -4.82. The van der Waals surface area contributed by atoms with E-state index in [0.717, 1.165) is 28.7 Å². The summed E-state index contributed by atoms with van der Waals surface area (Å²) in [6.07, 6.45) is 0.462. The fourth-order valence-corrected chi connectivity index (χ4v) is 4.76. The third kappa shape index (κ3) is 9.88. The molecule has 1 amide bonds. The van der Waals surface area contributed by atoms with E-state index in [0.29, 0.717) is 43.4 Å². The average molecular weight is 597 g/mol. The second kappa shape index (κ2) is 16.7. The molecular weight excluding hydrogens is 556 g/mol. The van der Waals surface area contributed by atoms with Crippen LogP contribution < -0.4 is 24.8 Å². The van der Waals surface area contributed by atoms with Crippen molar-refractivity contribution in [3.63, 3.8) is 0 Å². The lowest BCUT2D eigenvalue weighted by atomic mass is 10.1. The molecule has 4 aromatic rings. The molecule has 0 aliphatic carbocycles. The van der Waals surface area contributed by atoms with Gasteiger partial charge < -0.3 is 29.6 Å². The van der Waals surface area contributed by atoms with Gasteiger partial charge in [0.1, 0.15) is 24.5 Å². The number of methoxy groups -OCH3 is 2. The van der Waals surface area contributed by atoms with Gasteiger partial charge in [-0.3, -0.25) is 4.79 Å². The van der Waals surface area contributed by atoms with Crippen molar-refractivity contribution in [1.29, 1.82) is 0 Å². The van der Waals surface area contributed by atoms with Gasteiger partial charge >= 0.3 is 5.97 Å². The van der Waals surface area contributed by atoms with Crippen LogP contribution in [0.3, 0.4) is 0 Å². The number of rotatable bonds is 16. The van der Waals surface area contributed by atoms with E-state index in [1.807, 2.05) is 103 Å². The van der Waals surface area contributed by atoms with Crippen LogP contribution in [-0.2, 0) is 33.8 Å². The van der Waals surface area contributed by atoms with Crippen LogP contribution in [0, 0.1) is 0 Å². The minimum absolute atomic E-state index is 0.299. The lowest BCUT2D eigenvalue weighted by Gasteiger charge is -2.23. The third-order valence-electron chi connectivity index (χ3n) is 7.07. The highest BCUT2D eigenvalue weighted by molar-refractivity contribution is 5.83. The topological polar surface area (TPSA) is 95.1 Å². The van der Waals surface area contributed by atoms with Crippen molar-refractivity contribution >= 4 is 11.9 Å². The number of esters is 1. The van der Waals surface area contributed by atoms with Crippen LogP contribution in [0.1, 0.15) is 35.3 Å². The van der Waals surface area contributed by atoms with Crippen molar-refractivity contribution in [1.82, 2.24) is 10.6 Å². The Labute approximate surface area is 259 Å². The predicted octanol–water partition coefficient (Wildman–Crippen LogP) is 5.45. The summed E-state index contributed by atoms with van der Waals surface area (Å²) in [6.45, 7) is 2.86. The van der Waals surface area contributed by atoms with Gasteiger partial charge in [0.2, 0.25) is 5.91 Å². The van der Waals surface area contributed by atoms with Crippen LogP contribution in [0.15, 0.2) is 103 Å². The minimum Gasteiger partial charge on any atom is -0.493 e. The lowest BCUT2D eigenvalue weighted by Crippen LogP contribution is -2.43. The van der Waals surface area contributed by atoms with Gasteiger partial charge in [0.15, 0.2) is 11.5 Å². The molecule has 0 radical (unpaired) electrons. The van der Waals surface area contributed by atoms with E-state index < -0.39 is 18.1 Å². The van der Waals surface area contributed by atoms with Crippen LogP contribution in [-0.4, -0.2) is 45.2 Å². The molecule has 4 rings (SSSR count). The molecule has 44 heavy (non-hydrogen) atoms. The quantitative estimate of drug-likeness (QED) is 0.131. The van der Waals surface area contributed by atoms with Crippen molar-refractivity contribution in [2.45, 2.75) is 38.5 Å². The largest absolute Gasteiger partial charge is 0.493 e. The highest BCUT2D eigenvalue weighted by Crippen LogP contribution is 2.28. The number of carbonyl (C=O) groups is 2. The van der Waals surface area contributed by atoms with Crippen LogP contribution in [0.5, 0.6) is 17.2 Å². The molecule has 1 unspecified atom stereocenters. The molecule has 0 heterocycles. The Balaban J connectivity index is 1.45. The molecule has 0 aromatic heterocycles. The van der Waals surface area contributed by atoms with E-state index in [-0.39, 0.29) is 5.91 Å². The van der Waals surface area contributed by atoms with Crippen LogP contribution >= 0.6 is 0 Å². The highest BCUT2D eigenvalue weighted by Gasteiger charge is 2.26. The number of hydrogen-bond acceptors (Lipinski definition) is 7. The molecule has 0 saturated carbocycles. The molecule has 8 heteroatoms. The van der Waals surface area contributed by atoms with E-state index in [9.17, 15) is 9.59 Å². The molecule has 0 aliphatic heterocycles. The molecule has 8 nitrogen and oxygen atoms in total. The summed E-state index contributed by atoms with van der Waals surface area (Å²) >= 11 is 0. The first-order valence-electron chi connectivity index (χ1n) is 14.6. The minimum atomic E-state index is -0.822. The predicted molar refractivity (Wildman–Crippen MR) is 170 cm³/mol. The Morgan fingerprint density at radius 3 is 2.05 bits per heavy atom. The van der Waals surface area contributed by atoms with Gasteiger partial charge in [-0.25, -0.2) is 4.79 Å². The van der Waals surface area contributed by atoms with E-state index in [1.54, 1.807) is 14.2 Å². The number of hydrogen-bond donors (Lipinski definition) is 2. The molecule has 230 valence electrons. The standard InChI is InChI=1S/C36H40N2O6/c1-26(39)38-32(22-27-10-6-4-7-11-27)36(40)44-35(24-37-21-20-28-14-19-33(41-2)34(23-28)42-3)30-15-17-31(18-16-30)43-25-29-12-8-5-9-13-29/h4-19,23,32,35,37H,20-22,24-25H2,1-3H3,(H,38,39)/t32-,35?/m0/s1. The van der Waals surface area contributed by atoms with E-state index in [1.165, 1.54) is 6.92 Å². The summed E-state index contributed by atoms with van der Waals surface area (Å²) in [4.78, 5) is 25.4. The van der Waals surface area contributed by atoms with Gasteiger partial charge in [-0.05, 0) is 59.5 Å². The van der Waals surface area contributed by atoms with Gasteiger partial charge in [0.05, 0.1) is 14.2 Å². The summed E-state index contributed by atoms with van der Waals surface area (Å²) < 4.78 is 22.8. The van der Waals surface area contributed by atoms with E-state index in [2.05, 4.69) is 10.6 Å². The maximum Gasteiger partial charge on any atom is 0.329 e. The zero-order valence-corrected chi connectivity index (χ0v) is 25.5. The number of ether oxygens (including phenoxy) is 4. The smallest absolute Gasteiger partial charge is 0.329 e. The first-order valence-corrected chi connectivity index (χ1v) is 14.6. The maximum absolute atomic E-state index is 13.5. The van der Waals surface area contributed by atoms with Crippen molar-refractivity contribution in [2.75, 3.05) is 27.3 Å². The van der Waals surface area contributed by atoms with E-state index in [4.69, 9.17) is 18.9 Å². The Bertz CT molecular complexity index is 1460. The number of nitrogens with one attached hydrogen (secondary N) is 2. The summed E-state index contributed by atoms with van der Waals surface area (Å²) in [5, 5.41) is 6.19. The summed E-state index contributed by atoms with van der Waals surface area (Å²) in [5.74, 6) is 1.27. The van der Waals surface area contributed by atoms with Crippen molar-refractivity contribution < 1.29 is 28.5 Å². The van der Waals surface area contributed by atoms with Crippen molar-refractivity contribution in [2.24, 2.45) is 0 Å². The Morgan fingerprint density at radius 1 is 0.750 bits per heavy atom. The van der Waals surface area contributed by atoms with E-state index >= 15 is 0 Å². The van der Waals surface area contributed by atoms with Crippen molar-refractivity contribution in [3.8, 4) is 17.2 Å². The van der Waals surface area contributed by atoms with Crippen LogP contribution in [0.4, 0.5) is 0 Å². The lowest BCUT2D eigenvalue weighted by molar-refractivity contribution is -0.153. The van der Waals surface area contributed by atoms with Gasteiger partial charge in [0, 0.05) is 19.9 Å². The SMILES string of the molecule is COc1ccc(CCNCC(OC(=O)[C@H](Cc2ccccc2)NC(C)=O)c2ccc(OCc3ccccc3)cc2)cc1OC. The zero-order valence-electron chi connectivity index (χ0n) is 25.5. The molecular formula is C36H40N2O6. The summed E-state index contributed by atoms with van der Waals surface area (Å²) in [5.41, 5.74) is 3.89. The first-order chi connectivity index (χ1) is 21.4. The zero-order chi connectivity index (χ0) is 31.1. The third-order valence-corrected chi connectivity index (χ3v) is 7.07. The van der Waals surface area contributed by atoms with Gasteiger partial charge in [0.25, 0.3) is 0 Å². The van der Waals surface area contributed by atoms with Gasteiger partial charge in [-0.15, -0.1) is 0 Å². The molecule has 0 spiro atoms. The van der Waals surface area contributed by atoms with Gasteiger partial charge in [-0.2, -0.15) is 0 Å². The fourth-order valence-electron chi connectivity index (χ4n) is 4.76. The molecule has 4 aromatic carbocycles. The van der Waals surface area contributed by atoms with Gasteiger partial charge in [-0.1, -0.05) is 78.9 Å². The van der Waals surface area contributed by atoms with Crippen molar-refractivity contribution in [3.05, 3.63) is 125 Å². The van der Waals surface area contributed by atoms with Crippen LogP contribution in [0.2, 0.25) is 0 Å². The molecule has 2 N–H and O–H groups in total. The normalized spacial score (nSPS) is 12.1. The maximum atomic E-state index is 13.5. The highest BCUT2D eigenvalue weighted by atomic mass is 16.5. The molecule has 0 aliphatic rings. The molecule has 0 saturated heterocycles. The second-order valence-electron chi connectivity index (χ2n) is 10.4. The molecule has 0 bridgehead atoms. The second-order valence-corrected chi connectivity index (χ2v) is 10.4. The molecule has 2 atom stereocenters. The first kappa shape index (κ1) is 32.1. The number of carbonyl (C=O) groups excluding carboxylic acids is 2. The average Bonchev–Trinajstić information content (AvgIpc) is 3.05. The summed E-state index contributed by atoms with van der Waals surface area (Å²) in [7, 11) is 3.22. The number of benzene rings is 4. The Kier molecular flexibility index (Phi) is 12.2. The molecule has 0 fully saturated rings. The Morgan fingerprint density at radius 2 is 1.41 bits per heavy atom. The number of amides is 1. The van der Waals surface area contributed by atoms with Crippen LogP contribution in [0.25, 0.3) is 0 Å². The monoisotopic (exact) mass is 596 g/mol.